The third kappa shape index (κ3) is 6.01. The molecule has 1 aromatic carbocycles. The van der Waals surface area contributed by atoms with Crippen molar-refractivity contribution in [2.75, 3.05) is 0 Å². The molecule has 0 radical (unpaired) electrons. The third-order valence-corrected chi connectivity index (χ3v) is 4.37. The van der Waals surface area contributed by atoms with Gasteiger partial charge in [-0.15, -0.1) is 11.3 Å². The summed E-state index contributed by atoms with van der Waals surface area (Å²) in [5.74, 6) is -1.53. The Morgan fingerprint density at radius 2 is 2.09 bits per heavy atom. The summed E-state index contributed by atoms with van der Waals surface area (Å²) in [7, 11) is 0. The van der Waals surface area contributed by atoms with Gasteiger partial charge in [0.2, 0.25) is 5.91 Å². The van der Waals surface area contributed by atoms with Crippen LogP contribution in [0.4, 0.5) is 0 Å². The van der Waals surface area contributed by atoms with Gasteiger partial charge in [0.1, 0.15) is 0 Å². The van der Waals surface area contributed by atoms with Crippen LogP contribution in [0.3, 0.4) is 0 Å². The first-order chi connectivity index (χ1) is 11.0. The van der Waals surface area contributed by atoms with Crippen LogP contribution in [0, 0.1) is 0 Å². The van der Waals surface area contributed by atoms with E-state index in [9.17, 15) is 10.2 Å². The van der Waals surface area contributed by atoms with Gasteiger partial charge < -0.3 is 14.9 Å². The molecule has 0 aliphatic rings. The summed E-state index contributed by atoms with van der Waals surface area (Å²) < 4.78 is 5.54. The van der Waals surface area contributed by atoms with Crippen molar-refractivity contribution in [2.24, 2.45) is 0 Å². The van der Waals surface area contributed by atoms with Gasteiger partial charge in [-0.3, -0.25) is 10.3 Å². The van der Waals surface area contributed by atoms with Crippen molar-refractivity contribution in [3.63, 3.8) is 0 Å². The van der Waals surface area contributed by atoms with Crippen molar-refractivity contribution in [1.82, 2.24) is 10.3 Å². The number of rotatable bonds is 9. The number of hydrogen-bond donors (Lipinski definition) is 3. The Hall–Kier alpha value is -1.31. The van der Waals surface area contributed by atoms with E-state index in [4.69, 9.17) is 4.74 Å². The fraction of sp³-hybridized carbons (Fsp3) is 0.471. The van der Waals surface area contributed by atoms with E-state index in [-0.39, 0.29) is 12.6 Å². The van der Waals surface area contributed by atoms with E-state index >= 15 is 0 Å². The Morgan fingerprint density at radius 3 is 2.70 bits per heavy atom. The van der Waals surface area contributed by atoms with Gasteiger partial charge in [0.25, 0.3) is 0 Å². The number of aliphatic hydroxyl groups is 2. The number of ether oxygens (including phenoxy) is 1. The average Bonchev–Trinajstić information content (AvgIpc) is 3.06. The molecule has 0 fully saturated rings. The molecule has 3 N–H and O–H groups in total. The predicted molar refractivity (Wildman–Crippen MR) is 90.9 cm³/mol. The Bertz CT molecular complexity index is 560. The summed E-state index contributed by atoms with van der Waals surface area (Å²) in [5.41, 5.74) is 2.82. The van der Waals surface area contributed by atoms with E-state index in [1.54, 1.807) is 18.6 Å². The quantitative estimate of drug-likeness (QED) is 0.613. The Labute approximate surface area is 141 Å². The molecule has 0 aliphatic heterocycles. The largest absolute Gasteiger partial charge is 0.392 e. The highest BCUT2D eigenvalue weighted by molar-refractivity contribution is 7.09. The van der Waals surface area contributed by atoms with Crippen molar-refractivity contribution in [3.8, 4) is 0 Å². The lowest BCUT2D eigenvalue weighted by Crippen LogP contribution is -2.54. The van der Waals surface area contributed by atoms with Gasteiger partial charge in [0, 0.05) is 19.2 Å². The standard InChI is InChI=1S/C17H24N2O3S/c1-3-16(20)15(9-13-7-5-4-6-8-13)19-17(2,21)22-11-14-10-18-12-23-14/h4-8,10,12,15-16,19-21H,3,9,11H2,1-2H3/t15-,16+,17?/m0/s1. The topological polar surface area (TPSA) is 74.6 Å². The Morgan fingerprint density at radius 1 is 1.35 bits per heavy atom. The number of aromatic nitrogens is 1. The predicted octanol–water partition coefficient (Wildman–Crippen LogP) is 2.30. The summed E-state index contributed by atoms with van der Waals surface area (Å²) in [6, 6.07) is 9.58. The molecule has 2 aromatic rings. The van der Waals surface area contributed by atoms with Crippen molar-refractivity contribution >= 4 is 11.3 Å². The van der Waals surface area contributed by atoms with E-state index in [2.05, 4.69) is 10.3 Å². The molecule has 0 bridgehead atoms. The smallest absolute Gasteiger partial charge is 0.222 e. The van der Waals surface area contributed by atoms with Crippen LogP contribution in [0.2, 0.25) is 0 Å². The molecule has 1 aromatic heterocycles. The minimum absolute atomic E-state index is 0.269. The normalized spacial score (nSPS) is 16.7. The maximum absolute atomic E-state index is 10.4. The zero-order chi connectivity index (χ0) is 16.7. The molecular formula is C17H24N2O3S. The highest BCUT2D eigenvalue weighted by Gasteiger charge is 2.29. The van der Waals surface area contributed by atoms with Crippen molar-refractivity contribution in [2.45, 2.75) is 51.4 Å². The SMILES string of the molecule is CC[C@@H](O)[C@H](Cc1ccccc1)NC(C)(O)OCc1cncs1. The van der Waals surface area contributed by atoms with E-state index in [1.165, 1.54) is 11.3 Å². The lowest BCUT2D eigenvalue weighted by molar-refractivity contribution is -0.227. The molecule has 2 rings (SSSR count). The van der Waals surface area contributed by atoms with Crippen LogP contribution in [-0.4, -0.2) is 33.3 Å². The van der Waals surface area contributed by atoms with E-state index in [0.717, 1.165) is 10.4 Å². The number of hydrogen-bond acceptors (Lipinski definition) is 6. The first kappa shape index (κ1) is 18.0. The second-order valence-electron chi connectivity index (χ2n) is 5.66. The highest BCUT2D eigenvalue weighted by atomic mass is 32.1. The molecule has 6 heteroatoms. The van der Waals surface area contributed by atoms with Crippen LogP contribution in [0.15, 0.2) is 42.0 Å². The summed E-state index contributed by atoms with van der Waals surface area (Å²) in [4.78, 5) is 4.91. The van der Waals surface area contributed by atoms with Gasteiger partial charge >= 0.3 is 0 Å². The van der Waals surface area contributed by atoms with Gasteiger partial charge in [-0.1, -0.05) is 37.3 Å². The lowest BCUT2D eigenvalue weighted by atomic mass is 9.99. The summed E-state index contributed by atoms with van der Waals surface area (Å²) in [6.45, 7) is 3.73. The summed E-state index contributed by atoms with van der Waals surface area (Å²) in [5, 5.41) is 23.7. The highest BCUT2D eigenvalue weighted by Crippen LogP contribution is 2.15. The molecule has 0 spiro atoms. The lowest BCUT2D eigenvalue weighted by Gasteiger charge is -2.32. The van der Waals surface area contributed by atoms with E-state index in [0.29, 0.717) is 12.8 Å². The minimum atomic E-state index is -1.53. The van der Waals surface area contributed by atoms with Gasteiger partial charge in [-0.25, -0.2) is 0 Å². The minimum Gasteiger partial charge on any atom is -0.392 e. The first-order valence-corrected chi connectivity index (χ1v) is 8.61. The Kier molecular flexibility index (Phi) is 6.68. The van der Waals surface area contributed by atoms with Gasteiger partial charge in [-0.2, -0.15) is 0 Å². The van der Waals surface area contributed by atoms with Gasteiger partial charge in [-0.05, 0) is 18.4 Å². The van der Waals surface area contributed by atoms with Crippen LogP contribution in [0.1, 0.15) is 30.7 Å². The van der Waals surface area contributed by atoms with E-state index in [1.807, 2.05) is 37.3 Å². The monoisotopic (exact) mass is 336 g/mol. The van der Waals surface area contributed by atoms with Crippen LogP contribution in [-0.2, 0) is 17.8 Å². The molecule has 0 aliphatic carbocycles. The number of thiazole rings is 1. The van der Waals surface area contributed by atoms with E-state index < -0.39 is 12.0 Å². The fourth-order valence-electron chi connectivity index (χ4n) is 2.35. The van der Waals surface area contributed by atoms with Crippen LogP contribution in [0.5, 0.6) is 0 Å². The molecule has 1 unspecified atom stereocenters. The zero-order valence-electron chi connectivity index (χ0n) is 13.5. The molecule has 0 amide bonds. The molecule has 0 saturated heterocycles. The fourth-order valence-corrected chi connectivity index (χ4v) is 2.85. The molecule has 3 atom stereocenters. The van der Waals surface area contributed by atoms with Crippen LogP contribution >= 0.6 is 11.3 Å². The molecule has 23 heavy (non-hydrogen) atoms. The van der Waals surface area contributed by atoms with Gasteiger partial charge in [0.15, 0.2) is 0 Å². The molecule has 126 valence electrons. The molecule has 1 heterocycles. The molecule has 5 nitrogen and oxygen atoms in total. The second kappa shape index (κ2) is 8.52. The second-order valence-corrected chi connectivity index (χ2v) is 6.63. The van der Waals surface area contributed by atoms with Gasteiger partial charge in [0.05, 0.1) is 23.1 Å². The van der Waals surface area contributed by atoms with Crippen molar-refractivity contribution in [1.29, 1.82) is 0 Å². The van der Waals surface area contributed by atoms with Crippen LogP contribution in [0.25, 0.3) is 0 Å². The van der Waals surface area contributed by atoms with Crippen molar-refractivity contribution in [3.05, 3.63) is 52.5 Å². The molecular weight excluding hydrogens is 312 g/mol. The average molecular weight is 336 g/mol. The van der Waals surface area contributed by atoms with Crippen molar-refractivity contribution < 1.29 is 14.9 Å². The maximum Gasteiger partial charge on any atom is 0.222 e. The number of nitrogens with zero attached hydrogens (tertiary/aromatic N) is 1. The summed E-state index contributed by atoms with van der Waals surface area (Å²) in [6.07, 6.45) is 2.34. The van der Waals surface area contributed by atoms with Crippen LogP contribution < -0.4 is 5.32 Å². The molecule has 0 saturated carbocycles. The summed E-state index contributed by atoms with van der Waals surface area (Å²) >= 11 is 1.47. The maximum atomic E-state index is 10.4. The Balaban J connectivity index is 1.97. The third-order valence-electron chi connectivity index (χ3n) is 3.61. The number of benzene rings is 1. The number of aliphatic hydroxyl groups excluding tert-OH is 1. The zero-order valence-corrected chi connectivity index (χ0v) is 14.3. The first-order valence-electron chi connectivity index (χ1n) is 7.73. The number of nitrogens with one attached hydrogen (secondary N) is 1.